The molecule has 4 rings (SSSR count). The Morgan fingerprint density at radius 2 is 1.92 bits per heavy atom. The maximum atomic E-state index is 12.9. The number of hydrogen-bond donors (Lipinski definition) is 2. The normalized spacial score (nSPS) is 10.2. The van der Waals surface area contributed by atoms with Crippen LogP contribution in [0.4, 0.5) is 0 Å². The number of carbonyl (C=O) groups excluding carboxylic acids is 1. The monoisotopic (exact) mass is 345 g/mol. The number of aromatic hydroxyl groups is 1. The van der Waals surface area contributed by atoms with Crippen LogP contribution in [0.25, 0.3) is 22.2 Å². The molecular weight excluding hydrogens is 326 g/mol. The highest BCUT2D eigenvalue weighted by Gasteiger charge is 2.18. The van der Waals surface area contributed by atoms with Gasteiger partial charge in [0.15, 0.2) is 5.78 Å². The summed E-state index contributed by atoms with van der Waals surface area (Å²) in [7, 11) is 0. The van der Waals surface area contributed by atoms with Crippen LogP contribution in [0.15, 0.2) is 67.3 Å². The van der Waals surface area contributed by atoms with E-state index < -0.39 is 0 Å². The van der Waals surface area contributed by atoms with E-state index in [4.69, 9.17) is 0 Å². The number of carbonyl (C=O) groups is 1. The molecule has 130 valence electrons. The van der Waals surface area contributed by atoms with Crippen molar-refractivity contribution in [3.8, 4) is 16.9 Å². The van der Waals surface area contributed by atoms with Crippen LogP contribution in [0.5, 0.6) is 5.75 Å². The largest absolute Gasteiger partial charge is 0.508 e. The molecule has 2 N–H and O–H groups in total. The van der Waals surface area contributed by atoms with Crippen molar-refractivity contribution >= 4 is 16.8 Å². The molecule has 5 nitrogen and oxygen atoms in total. The number of phenolic OH excluding ortho intramolecular Hbond substituents is 1. The van der Waals surface area contributed by atoms with Crippen LogP contribution < -0.4 is 0 Å². The molecule has 4 aromatic rings. The van der Waals surface area contributed by atoms with Crippen molar-refractivity contribution in [1.29, 1.82) is 0 Å². The second kappa shape index (κ2) is 7.61. The van der Waals surface area contributed by atoms with Crippen LogP contribution in [0.1, 0.15) is 29.8 Å². The van der Waals surface area contributed by atoms with Crippen LogP contribution in [0, 0.1) is 0 Å². The first-order chi connectivity index (χ1) is 12.7. The number of ketones is 1. The highest BCUT2D eigenvalue weighted by atomic mass is 16.3. The molecule has 26 heavy (non-hydrogen) atoms. The second-order valence-electron chi connectivity index (χ2n) is 5.41. The molecule has 0 saturated heterocycles. The summed E-state index contributed by atoms with van der Waals surface area (Å²) in [4.78, 5) is 24.4. The van der Waals surface area contributed by atoms with Gasteiger partial charge in [-0.1, -0.05) is 32.0 Å². The molecule has 0 spiro atoms. The number of hydrogen-bond acceptors (Lipinski definition) is 4. The van der Waals surface area contributed by atoms with E-state index in [9.17, 15) is 9.90 Å². The lowest BCUT2D eigenvalue weighted by Crippen LogP contribution is -2.00. The van der Waals surface area contributed by atoms with Crippen LogP contribution in [-0.4, -0.2) is 25.8 Å². The Hall–Kier alpha value is -3.47. The maximum Gasteiger partial charge on any atom is 0.195 e. The molecule has 0 saturated carbocycles. The van der Waals surface area contributed by atoms with E-state index in [-0.39, 0.29) is 11.5 Å². The van der Waals surface area contributed by atoms with Gasteiger partial charge in [0, 0.05) is 41.3 Å². The molecule has 0 bridgehead atoms. The van der Waals surface area contributed by atoms with E-state index in [1.165, 1.54) is 12.1 Å². The summed E-state index contributed by atoms with van der Waals surface area (Å²) in [5.41, 5.74) is 3.38. The maximum absolute atomic E-state index is 12.9. The number of aromatic nitrogens is 3. The Morgan fingerprint density at radius 1 is 1.08 bits per heavy atom. The zero-order chi connectivity index (χ0) is 18.5. The number of nitrogens with zero attached hydrogens (tertiary/aromatic N) is 2. The van der Waals surface area contributed by atoms with E-state index in [0.717, 1.165) is 16.5 Å². The van der Waals surface area contributed by atoms with Gasteiger partial charge in [0.2, 0.25) is 0 Å². The van der Waals surface area contributed by atoms with Gasteiger partial charge in [-0.2, -0.15) is 0 Å². The first-order valence-corrected chi connectivity index (χ1v) is 8.44. The highest BCUT2D eigenvalue weighted by molar-refractivity contribution is 6.18. The van der Waals surface area contributed by atoms with Gasteiger partial charge < -0.3 is 10.1 Å². The molecule has 3 heterocycles. The summed E-state index contributed by atoms with van der Waals surface area (Å²) in [6, 6.07) is 12.0. The van der Waals surface area contributed by atoms with Crippen molar-refractivity contribution in [1.82, 2.24) is 15.0 Å². The summed E-state index contributed by atoms with van der Waals surface area (Å²) in [5, 5.41) is 10.4. The minimum atomic E-state index is -0.171. The van der Waals surface area contributed by atoms with Crippen LogP contribution in [-0.2, 0) is 0 Å². The van der Waals surface area contributed by atoms with Crippen LogP contribution >= 0.6 is 0 Å². The molecule has 3 aromatic heterocycles. The van der Waals surface area contributed by atoms with Crippen molar-refractivity contribution in [3.05, 3.63) is 78.4 Å². The third kappa shape index (κ3) is 3.19. The van der Waals surface area contributed by atoms with Gasteiger partial charge in [0.1, 0.15) is 11.4 Å². The Balaban J connectivity index is 0.000000948. The standard InChI is InChI=1S/C19H13N3O2.C2H6/c23-14-5-1-3-12(9-14)18(24)16-11-22-19-17(16)15(6-8-21-19)13-4-2-7-20-10-13;1-2/h1-11,23H,(H,21,22);1-2H3. The lowest BCUT2D eigenvalue weighted by molar-refractivity contribution is 0.104. The zero-order valence-electron chi connectivity index (χ0n) is 14.6. The number of rotatable bonds is 3. The summed E-state index contributed by atoms with van der Waals surface area (Å²) in [5.74, 6) is -0.110. The highest BCUT2D eigenvalue weighted by Crippen LogP contribution is 2.31. The zero-order valence-corrected chi connectivity index (χ0v) is 14.6. The predicted molar refractivity (Wildman–Crippen MR) is 102 cm³/mol. The number of fused-ring (bicyclic) bond motifs is 1. The van der Waals surface area contributed by atoms with E-state index in [0.29, 0.717) is 16.8 Å². The average Bonchev–Trinajstić information content (AvgIpc) is 3.14. The number of H-pyrrole nitrogens is 1. The summed E-state index contributed by atoms with van der Waals surface area (Å²) >= 11 is 0. The average molecular weight is 345 g/mol. The number of nitrogens with one attached hydrogen (secondary N) is 1. The minimum Gasteiger partial charge on any atom is -0.508 e. The van der Waals surface area contributed by atoms with Crippen molar-refractivity contribution in [2.24, 2.45) is 0 Å². The molecule has 0 radical (unpaired) electrons. The Bertz CT molecular complexity index is 1040. The molecule has 0 aliphatic carbocycles. The van der Waals surface area contributed by atoms with E-state index in [1.807, 2.05) is 32.0 Å². The van der Waals surface area contributed by atoms with E-state index in [1.54, 1.807) is 36.9 Å². The third-order valence-corrected chi connectivity index (χ3v) is 3.90. The smallest absolute Gasteiger partial charge is 0.195 e. The predicted octanol–water partition coefficient (Wildman–Crippen LogP) is 4.59. The molecule has 0 amide bonds. The fourth-order valence-corrected chi connectivity index (χ4v) is 2.80. The Morgan fingerprint density at radius 3 is 2.65 bits per heavy atom. The topological polar surface area (TPSA) is 78.9 Å². The molecule has 1 aromatic carbocycles. The van der Waals surface area contributed by atoms with Crippen molar-refractivity contribution in [2.75, 3.05) is 0 Å². The SMILES string of the molecule is CC.O=C(c1cccc(O)c1)c1c[nH]c2nccc(-c3cccnc3)c12. The number of phenols is 1. The quantitative estimate of drug-likeness (QED) is 0.532. The fourth-order valence-electron chi connectivity index (χ4n) is 2.80. The fraction of sp³-hybridized carbons (Fsp3) is 0.0952. The van der Waals surface area contributed by atoms with Gasteiger partial charge in [-0.3, -0.25) is 9.78 Å². The molecular formula is C21H19N3O2. The van der Waals surface area contributed by atoms with Crippen LogP contribution in [0.2, 0.25) is 0 Å². The Labute approximate surface area is 151 Å². The minimum absolute atomic E-state index is 0.0614. The van der Waals surface area contributed by atoms with Crippen molar-refractivity contribution in [2.45, 2.75) is 13.8 Å². The van der Waals surface area contributed by atoms with Gasteiger partial charge in [-0.05, 0) is 29.8 Å². The first-order valence-electron chi connectivity index (χ1n) is 8.44. The van der Waals surface area contributed by atoms with Gasteiger partial charge in [0.25, 0.3) is 0 Å². The first kappa shape index (κ1) is 17.4. The molecule has 5 heteroatoms. The lowest BCUT2D eigenvalue weighted by Gasteiger charge is -2.06. The van der Waals surface area contributed by atoms with E-state index in [2.05, 4.69) is 15.0 Å². The molecule has 0 fully saturated rings. The van der Waals surface area contributed by atoms with Crippen LogP contribution in [0.3, 0.4) is 0 Å². The summed E-state index contributed by atoms with van der Waals surface area (Å²) < 4.78 is 0. The lowest BCUT2D eigenvalue weighted by atomic mass is 9.98. The van der Waals surface area contributed by atoms with Crippen molar-refractivity contribution < 1.29 is 9.90 Å². The molecule has 0 atom stereocenters. The van der Waals surface area contributed by atoms with Crippen molar-refractivity contribution in [3.63, 3.8) is 0 Å². The van der Waals surface area contributed by atoms with Gasteiger partial charge in [-0.15, -0.1) is 0 Å². The number of pyridine rings is 2. The molecule has 0 unspecified atom stereocenters. The number of aromatic amines is 1. The Kier molecular flexibility index (Phi) is 5.08. The molecule has 0 aliphatic heterocycles. The van der Waals surface area contributed by atoms with E-state index >= 15 is 0 Å². The molecule has 0 aliphatic rings. The summed E-state index contributed by atoms with van der Waals surface area (Å²) in [6.45, 7) is 4.00. The van der Waals surface area contributed by atoms with Gasteiger partial charge >= 0.3 is 0 Å². The summed E-state index contributed by atoms with van der Waals surface area (Å²) in [6.07, 6.45) is 6.82. The third-order valence-electron chi connectivity index (χ3n) is 3.90. The number of benzene rings is 1. The van der Waals surface area contributed by atoms with Gasteiger partial charge in [-0.25, -0.2) is 4.98 Å². The van der Waals surface area contributed by atoms with Gasteiger partial charge in [0.05, 0.1) is 5.56 Å². The second-order valence-corrected chi connectivity index (χ2v) is 5.41.